The van der Waals surface area contributed by atoms with E-state index in [1.54, 1.807) is 0 Å². The number of aliphatic hydroxyl groups excluding tert-OH is 1. The second-order valence-electron chi connectivity index (χ2n) is 10.2. The lowest BCUT2D eigenvalue weighted by atomic mass is 9.88. The number of benzene rings is 2. The number of ether oxygens (including phenoxy) is 2. The summed E-state index contributed by atoms with van der Waals surface area (Å²) in [5, 5.41) is 18.5. The van der Waals surface area contributed by atoms with E-state index in [0.29, 0.717) is 0 Å². The van der Waals surface area contributed by atoms with Crippen molar-refractivity contribution in [2.24, 2.45) is 0 Å². The third kappa shape index (κ3) is 6.67. The number of aryl methyl sites for hydroxylation is 2. The summed E-state index contributed by atoms with van der Waals surface area (Å²) in [7, 11) is 0. The van der Waals surface area contributed by atoms with Gasteiger partial charge in [-0.25, -0.2) is 4.68 Å². The van der Waals surface area contributed by atoms with Gasteiger partial charge in [0.1, 0.15) is 0 Å². The summed E-state index contributed by atoms with van der Waals surface area (Å²) >= 11 is 0. The highest BCUT2D eigenvalue weighted by atomic mass is 16.6. The monoisotopic (exact) mass is 499 g/mol. The van der Waals surface area contributed by atoms with Gasteiger partial charge in [-0.05, 0) is 55.4 Å². The van der Waals surface area contributed by atoms with Crippen molar-refractivity contribution >= 4 is 0 Å². The van der Waals surface area contributed by atoms with Crippen molar-refractivity contribution in [1.29, 1.82) is 0 Å². The molecule has 3 heterocycles. The lowest BCUT2D eigenvalue weighted by Gasteiger charge is -2.45. The van der Waals surface area contributed by atoms with Crippen LogP contribution in [-0.2, 0) is 28.7 Å². The molecule has 6 heteroatoms. The molecule has 1 N–H and O–H groups in total. The summed E-state index contributed by atoms with van der Waals surface area (Å²) in [5.41, 5.74) is 4.58. The van der Waals surface area contributed by atoms with Gasteiger partial charge in [-0.2, -0.15) is 0 Å². The van der Waals surface area contributed by atoms with E-state index in [4.69, 9.17) is 9.47 Å². The molecule has 0 spiro atoms. The summed E-state index contributed by atoms with van der Waals surface area (Å²) in [6.45, 7) is 2.22. The van der Waals surface area contributed by atoms with Crippen LogP contribution in [0.25, 0.3) is 0 Å². The predicted molar refractivity (Wildman–Crippen MR) is 143 cm³/mol. The number of aromatic nitrogens is 3. The van der Waals surface area contributed by atoms with Crippen LogP contribution in [0.3, 0.4) is 0 Å². The molecule has 0 bridgehead atoms. The fraction of sp³-hybridized carbons (Fsp3) is 0.484. The Hall–Kier alpha value is -2.98. The fourth-order valence-corrected chi connectivity index (χ4v) is 5.43. The van der Waals surface area contributed by atoms with E-state index in [-0.39, 0.29) is 37.1 Å². The van der Waals surface area contributed by atoms with Crippen molar-refractivity contribution < 1.29 is 14.6 Å². The van der Waals surface area contributed by atoms with Gasteiger partial charge in [0.15, 0.2) is 0 Å². The molecule has 5 atom stereocenters. The first-order valence-electron chi connectivity index (χ1n) is 13.7. The lowest BCUT2D eigenvalue weighted by Crippen LogP contribution is -2.51. The number of nitrogens with zero attached hydrogens (tertiary/aromatic N) is 3. The van der Waals surface area contributed by atoms with Crippen LogP contribution < -0.4 is 0 Å². The minimum absolute atomic E-state index is 0.0141. The maximum Gasteiger partial charge on any atom is 0.0863 e. The summed E-state index contributed by atoms with van der Waals surface area (Å²) in [4.78, 5) is 0. The van der Waals surface area contributed by atoms with Crippen molar-refractivity contribution in [3.8, 4) is 11.8 Å². The number of rotatable bonds is 8. The minimum Gasteiger partial charge on any atom is -0.394 e. The average molecular weight is 500 g/mol. The van der Waals surface area contributed by atoms with E-state index in [1.165, 1.54) is 11.1 Å². The quantitative estimate of drug-likeness (QED) is 0.455. The fourth-order valence-electron chi connectivity index (χ4n) is 5.43. The Morgan fingerprint density at radius 3 is 2.59 bits per heavy atom. The summed E-state index contributed by atoms with van der Waals surface area (Å²) in [6, 6.07) is 19.0. The zero-order valence-corrected chi connectivity index (χ0v) is 21.6. The van der Waals surface area contributed by atoms with Crippen LogP contribution in [0, 0.1) is 11.8 Å². The van der Waals surface area contributed by atoms with E-state index in [9.17, 15) is 5.11 Å². The average Bonchev–Trinajstić information content (AvgIpc) is 3.41. The molecule has 2 fully saturated rings. The largest absolute Gasteiger partial charge is 0.394 e. The second kappa shape index (κ2) is 12.5. The normalized spacial score (nSPS) is 25.2. The topological polar surface area (TPSA) is 69.4 Å². The van der Waals surface area contributed by atoms with Crippen LogP contribution in [-0.4, -0.2) is 51.1 Å². The first-order chi connectivity index (χ1) is 18.2. The van der Waals surface area contributed by atoms with Gasteiger partial charge in [-0.15, -0.1) is 5.10 Å². The molecule has 0 unspecified atom stereocenters. The third-order valence-electron chi connectivity index (χ3n) is 7.45. The maximum atomic E-state index is 9.61. The van der Waals surface area contributed by atoms with Crippen LogP contribution in [0.5, 0.6) is 0 Å². The molecule has 0 amide bonds. The van der Waals surface area contributed by atoms with Crippen LogP contribution in [0.4, 0.5) is 0 Å². The van der Waals surface area contributed by atoms with Gasteiger partial charge < -0.3 is 14.6 Å². The SMILES string of the molecule is CCCc1cn([C@H]2C[C@@H]3O[C@@H](CO)CC[C@@H]3O[C@@H]2CCc2ccc(C#CCc3ccccc3)cc2)nn1. The summed E-state index contributed by atoms with van der Waals surface area (Å²) in [6.07, 6.45) is 9.22. The van der Waals surface area contributed by atoms with E-state index in [1.807, 2.05) is 22.9 Å². The Balaban J connectivity index is 1.23. The van der Waals surface area contributed by atoms with Crippen LogP contribution in [0.15, 0.2) is 60.8 Å². The molecule has 2 saturated heterocycles. The van der Waals surface area contributed by atoms with Crippen molar-refractivity contribution in [1.82, 2.24) is 15.0 Å². The molecule has 37 heavy (non-hydrogen) atoms. The van der Waals surface area contributed by atoms with E-state index in [2.05, 4.69) is 71.7 Å². The molecule has 0 radical (unpaired) electrons. The third-order valence-corrected chi connectivity index (χ3v) is 7.45. The van der Waals surface area contributed by atoms with Crippen molar-refractivity contribution in [3.63, 3.8) is 0 Å². The Morgan fingerprint density at radius 2 is 1.81 bits per heavy atom. The van der Waals surface area contributed by atoms with Gasteiger partial charge in [-0.1, -0.05) is 72.9 Å². The number of hydrogen-bond donors (Lipinski definition) is 1. The predicted octanol–water partition coefficient (Wildman–Crippen LogP) is 4.70. The van der Waals surface area contributed by atoms with Crippen LogP contribution >= 0.6 is 0 Å². The molecule has 1 aromatic heterocycles. The zero-order chi connectivity index (χ0) is 25.5. The standard InChI is InChI=1S/C31H37N3O3/c1-2-7-26-21-34(33-32-26)28-20-31-30(19-17-27(22-35)36-31)37-29(28)18-16-25-14-12-24(13-15-25)11-6-10-23-8-4-3-5-9-23/h3-5,8-9,12-15,21,27-31,35H,2,7,10,16-20,22H2,1H3/t27-,28+,29-,30+,31+/m1/s1. The van der Waals surface area contributed by atoms with Crippen molar-refractivity contribution in [2.45, 2.75) is 88.7 Å². The van der Waals surface area contributed by atoms with Gasteiger partial charge in [0.25, 0.3) is 0 Å². The highest BCUT2D eigenvalue weighted by Crippen LogP contribution is 2.38. The van der Waals surface area contributed by atoms with Gasteiger partial charge in [0.05, 0.1) is 42.8 Å². The van der Waals surface area contributed by atoms with E-state index < -0.39 is 0 Å². The van der Waals surface area contributed by atoms with E-state index in [0.717, 1.165) is 62.6 Å². The Labute approximate surface area is 220 Å². The van der Waals surface area contributed by atoms with Crippen molar-refractivity contribution in [2.75, 3.05) is 6.61 Å². The Kier molecular flexibility index (Phi) is 8.68. The highest BCUT2D eigenvalue weighted by molar-refractivity contribution is 5.37. The number of hydrogen-bond acceptors (Lipinski definition) is 5. The van der Waals surface area contributed by atoms with E-state index >= 15 is 0 Å². The second-order valence-corrected chi connectivity index (χ2v) is 10.2. The molecular formula is C31H37N3O3. The lowest BCUT2D eigenvalue weighted by molar-refractivity contribution is -0.209. The maximum absolute atomic E-state index is 9.61. The molecular weight excluding hydrogens is 462 g/mol. The summed E-state index contributed by atoms with van der Waals surface area (Å²) in [5.74, 6) is 6.56. The van der Waals surface area contributed by atoms with Gasteiger partial charge in [0.2, 0.25) is 0 Å². The first kappa shape index (κ1) is 25.7. The molecule has 2 aromatic carbocycles. The van der Waals surface area contributed by atoms with Crippen LogP contribution in [0.2, 0.25) is 0 Å². The Morgan fingerprint density at radius 1 is 0.973 bits per heavy atom. The minimum atomic E-state index is -0.0947. The van der Waals surface area contributed by atoms with Gasteiger partial charge >= 0.3 is 0 Å². The first-order valence-corrected chi connectivity index (χ1v) is 13.7. The Bertz CT molecular complexity index is 1180. The molecule has 0 saturated carbocycles. The molecule has 5 rings (SSSR count). The highest BCUT2D eigenvalue weighted by Gasteiger charge is 2.43. The zero-order valence-electron chi connectivity index (χ0n) is 21.6. The molecule has 0 aliphatic carbocycles. The smallest absolute Gasteiger partial charge is 0.0863 e. The molecule has 194 valence electrons. The number of aliphatic hydroxyl groups is 1. The van der Waals surface area contributed by atoms with Crippen molar-refractivity contribution in [3.05, 3.63) is 83.2 Å². The van der Waals surface area contributed by atoms with Gasteiger partial charge in [0, 0.05) is 24.6 Å². The molecule has 3 aromatic rings. The van der Waals surface area contributed by atoms with Crippen LogP contribution in [0.1, 0.15) is 67.5 Å². The summed E-state index contributed by atoms with van der Waals surface area (Å²) < 4.78 is 14.8. The number of fused-ring (bicyclic) bond motifs is 1. The van der Waals surface area contributed by atoms with Gasteiger partial charge in [-0.3, -0.25) is 0 Å². The molecule has 2 aliphatic heterocycles. The molecule has 2 aliphatic rings. The molecule has 6 nitrogen and oxygen atoms in total.